The zero-order valence-electron chi connectivity index (χ0n) is 18.7. The topological polar surface area (TPSA) is 143 Å². The van der Waals surface area contributed by atoms with E-state index in [9.17, 15) is 24.0 Å². The van der Waals surface area contributed by atoms with Gasteiger partial charge < -0.3 is 19.7 Å². The van der Waals surface area contributed by atoms with Crippen LogP contribution in [0, 0.1) is 11.8 Å². The lowest BCUT2D eigenvalue weighted by atomic mass is 9.99. The van der Waals surface area contributed by atoms with Crippen molar-refractivity contribution in [1.29, 1.82) is 0 Å². The molecule has 3 N–H and O–H groups in total. The van der Waals surface area contributed by atoms with Gasteiger partial charge in [0.1, 0.15) is 11.5 Å². The second-order valence-electron chi connectivity index (χ2n) is 8.12. The Morgan fingerprint density at radius 3 is 2.44 bits per heavy atom. The summed E-state index contributed by atoms with van der Waals surface area (Å²) in [5.74, 6) is 5.09. The number of hydrogen-bond donors (Lipinski definition) is 3. The quantitative estimate of drug-likeness (QED) is 0.402. The molecular weight excluding hydrogens is 488 g/mol. The van der Waals surface area contributed by atoms with Crippen LogP contribution in [-0.2, 0) is 16.1 Å². The molecule has 0 saturated carbocycles. The van der Waals surface area contributed by atoms with Gasteiger partial charge in [0.05, 0.1) is 13.7 Å². The van der Waals surface area contributed by atoms with Gasteiger partial charge in [0.2, 0.25) is 11.0 Å². The summed E-state index contributed by atoms with van der Waals surface area (Å²) in [6, 6.07) is 10.8. The standard InChI is InChI=1S/C24H18N4O7S/c1-34-16-7-4-14-11-28(19(30)17(14)10-16)12-24(21(31)26-22(32)27-24)9-8-13-2-5-15(6-3-13)35-20-18(29)25-23(33)36-20/h2-7,10,20H,11-12H2,1H3,(H,25,29,33)(H2,26,27,31,32)/t20?,24-/m1/s1. The average Bonchev–Trinajstić information content (AvgIpc) is 3.44. The highest BCUT2D eigenvalue weighted by atomic mass is 32.2. The number of fused-ring (bicyclic) bond motifs is 1. The third kappa shape index (κ3) is 4.32. The fourth-order valence-corrected chi connectivity index (χ4v) is 4.63. The maximum absolute atomic E-state index is 13.0. The number of nitrogens with one attached hydrogen (secondary N) is 3. The number of hydrogen-bond acceptors (Lipinski definition) is 8. The third-order valence-corrected chi connectivity index (χ3v) is 6.58. The Kier molecular flexibility index (Phi) is 5.77. The minimum absolute atomic E-state index is 0.156. The summed E-state index contributed by atoms with van der Waals surface area (Å²) >= 11 is 0.739. The molecule has 1 unspecified atom stereocenters. The lowest BCUT2D eigenvalue weighted by Gasteiger charge is -2.26. The number of imide groups is 2. The molecule has 5 rings (SSSR count). The first kappa shape index (κ1) is 23.3. The van der Waals surface area contributed by atoms with Gasteiger partial charge in [-0.1, -0.05) is 17.9 Å². The van der Waals surface area contributed by atoms with Crippen molar-refractivity contribution in [3.63, 3.8) is 0 Å². The normalized spacial score (nSPS) is 22.4. The molecule has 2 aromatic rings. The highest BCUT2D eigenvalue weighted by Gasteiger charge is 2.48. The molecule has 0 aromatic heterocycles. The highest BCUT2D eigenvalue weighted by molar-refractivity contribution is 8.15. The maximum Gasteiger partial charge on any atom is 0.323 e. The number of benzene rings is 2. The Labute approximate surface area is 208 Å². The number of amides is 6. The monoisotopic (exact) mass is 506 g/mol. The zero-order valence-corrected chi connectivity index (χ0v) is 19.6. The van der Waals surface area contributed by atoms with Crippen molar-refractivity contribution in [2.24, 2.45) is 0 Å². The lowest BCUT2D eigenvalue weighted by molar-refractivity contribution is -0.123. The second kappa shape index (κ2) is 8.94. The number of nitrogens with zero attached hydrogens (tertiary/aromatic N) is 1. The van der Waals surface area contributed by atoms with Crippen LogP contribution in [0.1, 0.15) is 21.5 Å². The fourth-order valence-electron chi connectivity index (χ4n) is 3.95. The van der Waals surface area contributed by atoms with Gasteiger partial charge in [-0.25, -0.2) is 4.79 Å². The summed E-state index contributed by atoms with van der Waals surface area (Å²) in [5.41, 5.74) is -0.880. The molecule has 12 heteroatoms. The van der Waals surface area contributed by atoms with Gasteiger partial charge in [-0.05, 0) is 53.7 Å². The molecule has 2 aromatic carbocycles. The largest absolute Gasteiger partial charge is 0.497 e. The van der Waals surface area contributed by atoms with Crippen LogP contribution in [0.3, 0.4) is 0 Å². The summed E-state index contributed by atoms with van der Waals surface area (Å²) in [4.78, 5) is 62.1. The van der Waals surface area contributed by atoms with Gasteiger partial charge in [0.25, 0.3) is 23.0 Å². The smallest absolute Gasteiger partial charge is 0.323 e. The van der Waals surface area contributed by atoms with Gasteiger partial charge in [0.15, 0.2) is 0 Å². The van der Waals surface area contributed by atoms with Crippen LogP contribution in [-0.4, -0.2) is 58.5 Å². The molecule has 11 nitrogen and oxygen atoms in total. The Morgan fingerprint density at radius 2 is 1.81 bits per heavy atom. The number of urea groups is 1. The molecule has 6 amide bonds. The van der Waals surface area contributed by atoms with Crippen LogP contribution in [0.5, 0.6) is 11.5 Å². The molecule has 2 saturated heterocycles. The molecule has 36 heavy (non-hydrogen) atoms. The van der Waals surface area contributed by atoms with Crippen molar-refractivity contribution in [2.45, 2.75) is 17.5 Å². The molecule has 182 valence electrons. The van der Waals surface area contributed by atoms with E-state index in [4.69, 9.17) is 9.47 Å². The van der Waals surface area contributed by atoms with Crippen molar-refractivity contribution in [3.05, 3.63) is 59.2 Å². The Morgan fingerprint density at radius 1 is 1.06 bits per heavy atom. The Bertz CT molecular complexity index is 1380. The van der Waals surface area contributed by atoms with E-state index >= 15 is 0 Å². The second-order valence-corrected chi connectivity index (χ2v) is 9.15. The lowest BCUT2D eigenvalue weighted by Crippen LogP contribution is -2.54. The van der Waals surface area contributed by atoms with E-state index in [1.165, 1.54) is 12.0 Å². The van der Waals surface area contributed by atoms with Crippen molar-refractivity contribution in [2.75, 3.05) is 13.7 Å². The number of carbonyl (C=O) groups excluding carboxylic acids is 5. The minimum atomic E-state index is -1.65. The van der Waals surface area contributed by atoms with Crippen LogP contribution in [0.2, 0.25) is 0 Å². The summed E-state index contributed by atoms with van der Waals surface area (Å²) in [5, 5.41) is 6.41. The SMILES string of the molecule is COc1ccc2c(c1)C(=O)N(C[C@@]1(C#Cc3ccc(OC4SC(=O)NC4=O)cc3)NC(=O)NC1=O)C2. The van der Waals surface area contributed by atoms with Gasteiger partial charge >= 0.3 is 6.03 Å². The molecule has 0 aliphatic carbocycles. The van der Waals surface area contributed by atoms with E-state index in [1.54, 1.807) is 42.5 Å². The number of carbonyl (C=O) groups is 5. The van der Waals surface area contributed by atoms with Crippen molar-refractivity contribution in [1.82, 2.24) is 20.9 Å². The highest BCUT2D eigenvalue weighted by Crippen LogP contribution is 2.29. The summed E-state index contributed by atoms with van der Waals surface area (Å²) in [6.07, 6.45) is 0. The number of thioether (sulfide) groups is 1. The molecule has 3 aliphatic heterocycles. The van der Waals surface area contributed by atoms with Gasteiger partial charge in [-0.15, -0.1) is 0 Å². The molecule has 0 spiro atoms. The first-order valence-corrected chi connectivity index (χ1v) is 11.6. The van der Waals surface area contributed by atoms with E-state index in [1.807, 2.05) is 0 Å². The van der Waals surface area contributed by atoms with E-state index in [-0.39, 0.29) is 19.0 Å². The zero-order chi connectivity index (χ0) is 25.4. The van der Waals surface area contributed by atoms with Gasteiger partial charge in [-0.2, -0.15) is 0 Å². The molecule has 3 aliphatic rings. The fraction of sp³-hybridized carbons (Fsp3) is 0.208. The van der Waals surface area contributed by atoms with E-state index in [0.717, 1.165) is 17.3 Å². The average molecular weight is 506 g/mol. The predicted octanol–water partition coefficient (Wildman–Crippen LogP) is 0.969. The first-order valence-electron chi connectivity index (χ1n) is 10.7. The summed E-state index contributed by atoms with van der Waals surface area (Å²) in [6.45, 7) is 0.0999. The van der Waals surface area contributed by atoms with Crippen molar-refractivity contribution < 1.29 is 33.4 Å². The summed E-state index contributed by atoms with van der Waals surface area (Å²) < 4.78 is 10.7. The summed E-state index contributed by atoms with van der Waals surface area (Å²) in [7, 11) is 1.51. The number of methoxy groups -OCH3 is 1. The minimum Gasteiger partial charge on any atom is -0.497 e. The third-order valence-electron chi connectivity index (χ3n) is 5.74. The van der Waals surface area contributed by atoms with Crippen molar-refractivity contribution in [3.8, 4) is 23.3 Å². The number of ether oxygens (including phenoxy) is 2. The van der Waals surface area contributed by atoms with Gasteiger partial charge in [-0.3, -0.25) is 29.8 Å². The first-order chi connectivity index (χ1) is 17.3. The Hall–Kier alpha value is -4.50. The van der Waals surface area contributed by atoms with Crippen molar-refractivity contribution >= 4 is 40.8 Å². The molecule has 3 heterocycles. The molecule has 2 fully saturated rings. The van der Waals surface area contributed by atoms with E-state index in [2.05, 4.69) is 27.8 Å². The molecular formula is C24H18N4O7S. The van der Waals surface area contributed by atoms with Crippen LogP contribution >= 0.6 is 11.8 Å². The Balaban J connectivity index is 1.35. The van der Waals surface area contributed by atoms with E-state index in [0.29, 0.717) is 22.6 Å². The van der Waals surface area contributed by atoms with E-state index < -0.39 is 34.1 Å². The number of rotatable bonds is 5. The van der Waals surface area contributed by atoms with Gasteiger partial charge in [0, 0.05) is 17.7 Å². The molecule has 2 atom stereocenters. The molecule has 0 radical (unpaired) electrons. The van der Waals surface area contributed by atoms with Crippen LogP contribution in [0.4, 0.5) is 9.59 Å². The van der Waals surface area contributed by atoms with Crippen LogP contribution in [0.15, 0.2) is 42.5 Å². The predicted molar refractivity (Wildman–Crippen MR) is 126 cm³/mol. The maximum atomic E-state index is 13.0. The molecule has 0 bridgehead atoms. The van der Waals surface area contributed by atoms with Crippen LogP contribution < -0.4 is 25.4 Å². The van der Waals surface area contributed by atoms with Crippen LogP contribution in [0.25, 0.3) is 0 Å².